The second kappa shape index (κ2) is 5.25. The van der Waals surface area contributed by atoms with Crippen molar-refractivity contribution in [3.63, 3.8) is 0 Å². The SMILES string of the molecule is CC(F)(Cl)Cl.FC(F)(F)CC(F)(F)F. The molecule has 88 valence electrons. The van der Waals surface area contributed by atoms with Gasteiger partial charge in [0.05, 0.1) is 0 Å². The lowest BCUT2D eigenvalue weighted by atomic mass is 10.4. The quantitative estimate of drug-likeness (QED) is 0.445. The molecule has 0 spiro atoms. The highest BCUT2D eigenvalue weighted by Gasteiger charge is 2.43. The molecule has 0 aliphatic carbocycles. The summed E-state index contributed by atoms with van der Waals surface area (Å²) in [7, 11) is 0. The minimum atomic E-state index is -5.14. The molecule has 0 rings (SSSR count). The molecule has 0 bridgehead atoms. The van der Waals surface area contributed by atoms with Crippen LogP contribution >= 0.6 is 23.2 Å². The first kappa shape index (κ1) is 16.5. The summed E-state index contributed by atoms with van der Waals surface area (Å²) in [4.78, 5) is 0. The van der Waals surface area contributed by atoms with Crippen LogP contribution in [0.3, 0.4) is 0 Å². The summed E-state index contributed by atoms with van der Waals surface area (Å²) in [5.41, 5.74) is 0. The van der Waals surface area contributed by atoms with E-state index < -0.39 is 23.4 Å². The van der Waals surface area contributed by atoms with Crippen molar-refractivity contribution in [1.29, 1.82) is 0 Å². The lowest BCUT2D eigenvalue weighted by Gasteiger charge is -2.08. The number of halogens is 9. The van der Waals surface area contributed by atoms with Gasteiger partial charge in [0, 0.05) is 0 Å². The maximum atomic E-state index is 11.2. The van der Waals surface area contributed by atoms with Gasteiger partial charge < -0.3 is 0 Å². The van der Waals surface area contributed by atoms with Gasteiger partial charge in [0.1, 0.15) is 6.42 Å². The molecular weight excluding hydrogens is 264 g/mol. The Kier molecular flexibility index (Phi) is 6.19. The minimum Gasteiger partial charge on any atom is -0.208 e. The van der Waals surface area contributed by atoms with Crippen molar-refractivity contribution in [2.24, 2.45) is 0 Å². The van der Waals surface area contributed by atoms with E-state index in [4.69, 9.17) is 0 Å². The van der Waals surface area contributed by atoms with Crippen molar-refractivity contribution in [1.82, 2.24) is 0 Å². The van der Waals surface area contributed by atoms with Crippen LogP contribution < -0.4 is 0 Å². The van der Waals surface area contributed by atoms with Gasteiger partial charge >= 0.3 is 12.4 Å². The second-order valence-corrected chi connectivity index (χ2v) is 3.80. The van der Waals surface area contributed by atoms with E-state index in [-0.39, 0.29) is 0 Å². The first-order chi connectivity index (χ1) is 5.71. The van der Waals surface area contributed by atoms with Gasteiger partial charge in [-0.15, -0.1) is 0 Å². The molecule has 0 aromatic rings. The predicted molar refractivity (Wildman–Crippen MR) is 37.9 cm³/mol. The minimum absolute atomic E-state index is 1.05. The van der Waals surface area contributed by atoms with Gasteiger partial charge in [0.2, 0.25) is 0 Å². The molecule has 0 atom stereocenters. The Balaban J connectivity index is 0. The van der Waals surface area contributed by atoms with Gasteiger partial charge in [-0.1, -0.05) is 23.2 Å². The standard InChI is InChI=1S/C3H2F6.C2H3Cl2F/c4-2(5,6)1-3(7,8)9;1-2(3,4)5/h1H2;1H3. The Hall–Kier alpha value is 0.0900. The maximum absolute atomic E-state index is 11.2. The maximum Gasteiger partial charge on any atom is 0.397 e. The van der Waals surface area contributed by atoms with E-state index in [1.165, 1.54) is 0 Å². The van der Waals surface area contributed by atoms with Crippen LogP contribution in [0.1, 0.15) is 13.3 Å². The Labute approximate surface area is 85.0 Å². The Morgan fingerprint density at radius 1 is 0.786 bits per heavy atom. The van der Waals surface area contributed by atoms with E-state index >= 15 is 0 Å². The van der Waals surface area contributed by atoms with E-state index in [2.05, 4.69) is 23.2 Å². The summed E-state index contributed by atoms with van der Waals surface area (Å²) >= 11 is 9.26. The zero-order valence-corrected chi connectivity index (χ0v) is 8.12. The molecule has 0 heterocycles. The Morgan fingerprint density at radius 2 is 0.929 bits per heavy atom. The average molecular weight is 269 g/mol. The summed E-state index contributed by atoms with van der Waals surface area (Å²) in [6.45, 7) is 1.05. The smallest absolute Gasteiger partial charge is 0.208 e. The molecule has 0 N–H and O–H groups in total. The normalized spacial score (nSPS) is 13.3. The van der Waals surface area contributed by atoms with Gasteiger partial charge in [0.25, 0.3) is 4.59 Å². The average Bonchev–Trinajstić information content (AvgIpc) is 1.42. The molecule has 0 fully saturated rings. The van der Waals surface area contributed by atoms with E-state index in [9.17, 15) is 30.7 Å². The van der Waals surface area contributed by atoms with E-state index in [1.54, 1.807) is 0 Å². The Bertz CT molecular complexity index is 135. The highest BCUT2D eigenvalue weighted by atomic mass is 35.5. The first-order valence-electron chi connectivity index (χ1n) is 2.91. The molecule has 0 aliphatic rings. The molecular formula is C5H5Cl2F7. The van der Waals surface area contributed by atoms with E-state index in [1.807, 2.05) is 0 Å². The fraction of sp³-hybridized carbons (Fsp3) is 1.00. The fourth-order valence-electron chi connectivity index (χ4n) is 0.227. The van der Waals surface area contributed by atoms with Crippen molar-refractivity contribution in [3.05, 3.63) is 0 Å². The van der Waals surface area contributed by atoms with Crippen LogP contribution in [0.25, 0.3) is 0 Å². The van der Waals surface area contributed by atoms with Crippen LogP contribution in [-0.2, 0) is 0 Å². The zero-order chi connectivity index (χ0) is 12.2. The number of rotatable bonds is 0. The zero-order valence-electron chi connectivity index (χ0n) is 6.61. The van der Waals surface area contributed by atoms with Crippen LogP contribution in [0.15, 0.2) is 0 Å². The highest BCUT2D eigenvalue weighted by molar-refractivity contribution is 6.46. The van der Waals surface area contributed by atoms with Crippen LogP contribution in [0.4, 0.5) is 30.7 Å². The van der Waals surface area contributed by atoms with Crippen molar-refractivity contribution in [2.75, 3.05) is 0 Å². The third-order valence-electron chi connectivity index (χ3n) is 0.401. The Morgan fingerprint density at radius 3 is 0.929 bits per heavy atom. The molecule has 0 radical (unpaired) electrons. The number of hydrogen-bond acceptors (Lipinski definition) is 0. The fourth-order valence-corrected chi connectivity index (χ4v) is 0.227. The van der Waals surface area contributed by atoms with Gasteiger partial charge in [-0.2, -0.15) is 26.3 Å². The molecule has 0 nitrogen and oxygen atoms in total. The molecule has 0 aromatic carbocycles. The van der Waals surface area contributed by atoms with E-state index in [0.717, 1.165) is 6.92 Å². The van der Waals surface area contributed by atoms with Crippen LogP contribution in [-0.4, -0.2) is 16.9 Å². The summed E-state index contributed by atoms with van der Waals surface area (Å²) in [6.07, 6.45) is -13.0. The monoisotopic (exact) mass is 268 g/mol. The van der Waals surface area contributed by atoms with Crippen molar-refractivity contribution in [2.45, 2.75) is 30.3 Å². The van der Waals surface area contributed by atoms with Crippen LogP contribution in [0.2, 0.25) is 0 Å². The predicted octanol–water partition coefficient (Wildman–Crippen LogP) is 4.61. The molecule has 9 heteroatoms. The summed E-state index contributed by atoms with van der Waals surface area (Å²) in [5, 5.41) is 0. The lowest BCUT2D eigenvalue weighted by Crippen LogP contribution is -2.20. The molecule has 0 aromatic heterocycles. The van der Waals surface area contributed by atoms with Gasteiger partial charge in [0.15, 0.2) is 0 Å². The number of hydrogen-bond donors (Lipinski definition) is 0. The molecule has 0 unspecified atom stereocenters. The molecule has 0 aliphatic heterocycles. The number of alkyl halides is 9. The second-order valence-electron chi connectivity index (χ2n) is 2.19. The van der Waals surface area contributed by atoms with Gasteiger partial charge in [-0.05, 0) is 6.92 Å². The summed E-state index contributed by atoms with van der Waals surface area (Å²) in [5.74, 6) is 0. The van der Waals surface area contributed by atoms with Crippen molar-refractivity contribution >= 4 is 23.2 Å². The highest BCUT2D eigenvalue weighted by Crippen LogP contribution is 2.31. The van der Waals surface area contributed by atoms with Crippen molar-refractivity contribution in [3.8, 4) is 0 Å². The molecule has 14 heavy (non-hydrogen) atoms. The van der Waals surface area contributed by atoms with Gasteiger partial charge in [-0.3, -0.25) is 0 Å². The topological polar surface area (TPSA) is 0 Å². The molecule has 0 amide bonds. The third-order valence-corrected chi connectivity index (χ3v) is 0.401. The summed E-state index contributed by atoms with van der Waals surface area (Å²) < 4.78 is 74.2. The third kappa shape index (κ3) is 40.1. The van der Waals surface area contributed by atoms with Crippen LogP contribution in [0.5, 0.6) is 0 Å². The lowest BCUT2D eigenvalue weighted by molar-refractivity contribution is -0.232. The molecule has 0 saturated carbocycles. The van der Waals surface area contributed by atoms with Crippen molar-refractivity contribution < 1.29 is 30.7 Å². The summed E-state index contributed by atoms with van der Waals surface area (Å²) in [6, 6.07) is 0. The van der Waals surface area contributed by atoms with Gasteiger partial charge in [-0.25, -0.2) is 4.39 Å². The first-order valence-corrected chi connectivity index (χ1v) is 3.66. The molecule has 0 saturated heterocycles. The van der Waals surface area contributed by atoms with Crippen LogP contribution in [0, 0.1) is 0 Å². The van der Waals surface area contributed by atoms with E-state index in [0.29, 0.717) is 0 Å². The largest absolute Gasteiger partial charge is 0.397 e.